The number of nitrogens with zero attached hydrogens (tertiary/aromatic N) is 1. The molecule has 4 amide bonds. The predicted molar refractivity (Wildman–Crippen MR) is 104 cm³/mol. The molecule has 2 aliphatic carbocycles. The molecule has 27 heavy (non-hydrogen) atoms. The van der Waals surface area contributed by atoms with Gasteiger partial charge in [-0.05, 0) is 49.9 Å². The summed E-state index contributed by atoms with van der Waals surface area (Å²) in [5.74, 6) is 0.142. The summed E-state index contributed by atoms with van der Waals surface area (Å²) in [6.45, 7) is 6.62. The van der Waals surface area contributed by atoms with Crippen LogP contribution in [0.2, 0.25) is 0 Å². The van der Waals surface area contributed by atoms with E-state index in [2.05, 4.69) is 31.4 Å². The summed E-state index contributed by atoms with van der Waals surface area (Å²) in [5.41, 5.74) is -0.532. The van der Waals surface area contributed by atoms with Crippen molar-refractivity contribution in [3.8, 4) is 0 Å². The topological polar surface area (TPSA) is 78.5 Å². The Morgan fingerprint density at radius 1 is 1.15 bits per heavy atom. The van der Waals surface area contributed by atoms with Crippen molar-refractivity contribution >= 4 is 17.8 Å². The third-order valence-electron chi connectivity index (χ3n) is 7.37. The highest BCUT2D eigenvalue weighted by Crippen LogP contribution is 2.45. The van der Waals surface area contributed by atoms with Crippen molar-refractivity contribution in [2.75, 3.05) is 6.54 Å². The van der Waals surface area contributed by atoms with Crippen molar-refractivity contribution in [3.05, 3.63) is 0 Å². The van der Waals surface area contributed by atoms with Crippen LogP contribution in [0.1, 0.15) is 85.0 Å². The van der Waals surface area contributed by atoms with Gasteiger partial charge in [0.15, 0.2) is 0 Å². The molecule has 1 aliphatic heterocycles. The van der Waals surface area contributed by atoms with E-state index in [9.17, 15) is 14.4 Å². The number of hydrogen-bond donors (Lipinski definition) is 2. The molecule has 2 N–H and O–H groups in total. The molecule has 152 valence electrons. The molecular weight excluding hydrogens is 342 g/mol. The van der Waals surface area contributed by atoms with Crippen LogP contribution in [0.15, 0.2) is 0 Å². The first-order valence-electron chi connectivity index (χ1n) is 10.7. The van der Waals surface area contributed by atoms with Crippen LogP contribution in [0, 0.1) is 11.3 Å². The first kappa shape index (κ1) is 20.2. The van der Waals surface area contributed by atoms with Gasteiger partial charge in [0.2, 0.25) is 5.91 Å². The van der Waals surface area contributed by atoms with Crippen molar-refractivity contribution in [1.29, 1.82) is 0 Å². The Hall–Kier alpha value is -1.59. The van der Waals surface area contributed by atoms with Gasteiger partial charge in [-0.1, -0.05) is 46.5 Å². The Labute approximate surface area is 162 Å². The molecular formula is C21H35N3O3. The summed E-state index contributed by atoms with van der Waals surface area (Å²) in [6.07, 6.45) is 9.80. The van der Waals surface area contributed by atoms with Gasteiger partial charge < -0.3 is 10.6 Å². The van der Waals surface area contributed by atoms with Crippen LogP contribution in [-0.4, -0.2) is 40.9 Å². The zero-order valence-corrected chi connectivity index (χ0v) is 17.1. The van der Waals surface area contributed by atoms with Gasteiger partial charge in [0.25, 0.3) is 5.91 Å². The predicted octanol–water partition coefficient (Wildman–Crippen LogP) is 3.35. The molecule has 0 aromatic rings. The van der Waals surface area contributed by atoms with E-state index in [1.54, 1.807) is 0 Å². The number of imide groups is 1. The molecule has 6 heteroatoms. The van der Waals surface area contributed by atoms with Crippen LogP contribution in [-0.2, 0) is 9.59 Å². The lowest BCUT2D eigenvalue weighted by atomic mass is 9.65. The fourth-order valence-corrected chi connectivity index (χ4v) is 5.00. The lowest BCUT2D eigenvalue weighted by molar-refractivity contribution is -0.136. The third-order valence-corrected chi connectivity index (χ3v) is 7.37. The number of nitrogens with one attached hydrogen (secondary N) is 2. The Balaban J connectivity index is 1.58. The molecule has 0 radical (unpaired) electrons. The van der Waals surface area contributed by atoms with Crippen LogP contribution >= 0.6 is 0 Å². The van der Waals surface area contributed by atoms with Gasteiger partial charge in [0, 0.05) is 6.04 Å². The second-order valence-electron chi connectivity index (χ2n) is 9.42. The Kier molecular flexibility index (Phi) is 5.82. The van der Waals surface area contributed by atoms with E-state index < -0.39 is 11.6 Å². The molecule has 1 heterocycles. The summed E-state index contributed by atoms with van der Waals surface area (Å²) >= 11 is 0. The molecule has 1 spiro atoms. The highest BCUT2D eigenvalue weighted by Gasteiger charge is 2.53. The smallest absolute Gasteiger partial charge is 0.325 e. The van der Waals surface area contributed by atoms with Crippen LogP contribution < -0.4 is 10.6 Å². The van der Waals surface area contributed by atoms with Crippen molar-refractivity contribution in [1.82, 2.24) is 15.5 Å². The molecule has 3 fully saturated rings. The lowest BCUT2D eigenvalue weighted by Crippen LogP contribution is -2.51. The minimum absolute atomic E-state index is 0.160. The normalized spacial score (nSPS) is 29.9. The highest BCUT2D eigenvalue weighted by atomic mass is 16.2. The van der Waals surface area contributed by atoms with Gasteiger partial charge in [-0.25, -0.2) is 4.79 Å². The maximum atomic E-state index is 13.0. The van der Waals surface area contributed by atoms with E-state index in [0.717, 1.165) is 49.8 Å². The minimum Gasteiger partial charge on any atom is -0.352 e. The minimum atomic E-state index is -0.789. The van der Waals surface area contributed by atoms with Crippen molar-refractivity contribution in [2.45, 2.75) is 96.6 Å². The first-order chi connectivity index (χ1) is 12.8. The van der Waals surface area contributed by atoms with E-state index in [-0.39, 0.29) is 29.8 Å². The molecule has 0 aromatic heterocycles. The van der Waals surface area contributed by atoms with Gasteiger partial charge in [-0.2, -0.15) is 0 Å². The number of carbonyl (C=O) groups is 3. The average Bonchev–Trinajstić information content (AvgIpc) is 2.87. The summed E-state index contributed by atoms with van der Waals surface area (Å²) in [5, 5.41) is 5.93. The van der Waals surface area contributed by atoms with Crippen molar-refractivity contribution < 1.29 is 14.4 Å². The molecule has 2 saturated carbocycles. The Morgan fingerprint density at radius 2 is 1.78 bits per heavy atom. The molecule has 6 nitrogen and oxygen atoms in total. The molecule has 3 rings (SSSR count). The lowest BCUT2D eigenvalue weighted by Gasteiger charge is -2.42. The monoisotopic (exact) mass is 377 g/mol. The molecule has 0 aromatic carbocycles. The van der Waals surface area contributed by atoms with E-state index in [4.69, 9.17) is 0 Å². The fourth-order valence-electron chi connectivity index (χ4n) is 5.00. The van der Waals surface area contributed by atoms with Gasteiger partial charge >= 0.3 is 6.03 Å². The van der Waals surface area contributed by atoms with Gasteiger partial charge in [0.05, 0.1) is 0 Å². The van der Waals surface area contributed by atoms with E-state index >= 15 is 0 Å². The second-order valence-corrected chi connectivity index (χ2v) is 9.42. The summed E-state index contributed by atoms with van der Waals surface area (Å²) in [7, 11) is 0. The highest BCUT2D eigenvalue weighted by molar-refractivity contribution is 6.09. The molecule has 3 aliphatic rings. The van der Waals surface area contributed by atoms with Gasteiger partial charge in [0.1, 0.15) is 12.1 Å². The van der Waals surface area contributed by atoms with E-state index in [0.29, 0.717) is 18.8 Å². The van der Waals surface area contributed by atoms with Crippen LogP contribution in [0.3, 0.4) is 0 Å². The van der Waals surface area contributed by atoms with Crippen LogP contribution in [0.4, 0.5) is 4.79 Å². The van der Waals surface area contributed by atoms with Gasteiger partial charge in [-0.15, -0.1) is 0 Å². The maximum absolute atomic E-state index is 13.0. The molecule has 0 atom stereocenters. The zero-order chi connectivity index (χ0) is 19.7. The number of hydrogen-bond acceptors (Lipinski definition) is 3. The third kappa shape index (κ3) is 4.14. The number of rotatable bonds is 5. The largest absolute Gasteiger partial charge is 0.352 e. The zero-order valence-electron chi connectivity index (χ0n) is 17.1. The standard InChI is InChI=1S/C21H35N3O3/c1-4-20(2,3)15-10-12-21(13-11-15)18(26)24(19(27)23-21)14-17(25)22-16-8-6-5-7-9-16/h15-16H,4-14H2,1-3H3,(H,22,25)(H,23,27). The van der Waals surface area contributed by atoms with Crippen molar-refractivity contribution in [3.63, 3.8) is 0 Å². The number of carbonyl (C=O) groups excluding carboxylic acids is 3. The Bertz CT molecular complexity index is 587. The quantitative estimate of drug-likeness (QED) is 0.721. The number of amides is 4. The van der Waals surface area contributed by atoms with E-state index in [1.807, 2.05) is 0 Å². The summed E-state index contributed by atoms with van der Waals surface area (Å²) in [6, 6.07) is -0.223. The van der Waals surface area contributed by atoms with Crippen LogP contribution in [0.5, 0.6) is 0 Å². The van der Waals surface area contributed by atoms with Gasteiger partial charge in [-0.3, -0.25) is 14.5 Å². The number of urea groups is 1. The molecule has 0 bridgehead atoms. The average molecular weight is 378 g/mol. The van der Waals surface area contributed by atoms with Crippen molar-refractivity contribution in [2.24, 2.45) is 11.3 Å². The molecule has 1 saturated heterocycles. The Morgan fingerprint density at radius 3 is 2.37 bits per heavy atom. The maximum Gasteiger partial charge on any atom is 0.325 e. The van der Waals surface area contributed by atoms with Crippen LogP contribution in [0.25, 0.3) is 0 Å². The first-order valence-corrected chi connectivity index (χ1v) is 10.7. The van der Waals surface area contributed by atoms with E-state index in [1.165, 1.54) is 6.42 Å². The fraction of sp³-hybridized carbons (Fsp3) is 0.857. The summed E-state index contributed by atoms with van der Waals surface area (Å²) in [4.78, 5) is 38.9. The molecule has 0 unspecified atom stereocenters. The SMILES string of the molecule is CCC(C)(C)C1CCC2(CC1)NC(=O)N(CC(=O)NC1CCCCC1)C2=O. The summed E-state index contributed by atoms with van der Waals surface area (Å²) < 4.78 is 0. The second kappa shape index (κ2) is 7.80.